The molecule has 2 unspecified atom stereocenters. The normalized spacial score (nSPS) is 51.4. The second-order valence-corrected chi connectivity index (χ2v) is 3.32. The van der Waals surface area contributed by atoms with Crippen LogP contribution in [0, 0.1) is 0 Å². The van der Waals surface area contributed by atoms with Crippen molar-refractivity contribution in [1.82, 2.24) is 4.90 Å². The summed E-state index contributed by atoms with van der Waals surface area (Å²) < 4.78 is 30.4. The van der Waals surface area contributed by atoms with E-state index in [9.17, 15) is 0 Å². The number of rotatable bonds is 0. The maximum absolute atomic E-state index is 7.70. The van der Waals surface area contributed by atoms with Gasteiger partial charge in [-0.3, -0.25) is 4.90 Å². The molecule has 1 fully saturated rings. The molecule has 0 saturated carbocycles. The molecule has 1 nitrogen and oxygen atoms in total. The summed E-state index contributed by atoms with van der Waals surface area (Å²) in [6.45, 7) is 5.29. The van der Waals surface area contributed by atoms with Crippen molar-refractivity contribution in [3.63, 3.8) is 0 Å². The van der Waals surface area contributed by atoms with Gasteiger partial charge in [-0.05, 0) is 46.6 Å². The minimum Gasteiger partial charge on any atom is -0.298 e. The monoisotopic (exact) mass is 131 g/mol. The molecule has 54 valence electrons. The lowest BCUT2D eigenvalue weighted by Crippen LogP contribution is -2.38. The summed E-state index contributed by atoms with van der Waals surface area (Å²) >= 11 is 0. The van der Waals surface area contributed by atoms with Crippen molar-refractivity contribution in [2.75, 3.05) is 13.1 Å². The minimum absolute atomic E-state index is 0.193. The average molecular weight is 131 g/mol. The van der Waals surface area contributed by atoms with Gasteiger partial charge in [0.1, 0.15) is 0 Å². The molecule has 0 aliphatic carbocycles. The molecule has 1 heteroatoms. The van der Waals surface area contributed by atoms with Crippen LogP contribution in [-0.4, -0.2) is 23.5 Å². The highest BCUT2D eigenvalue weighted by molar-refractivity contribution is 4.79. The number of hydrogen-bond acceptors (Lipinski definition) is 1. The molecular weight excluding hydrogens is 110 g/mol. The second-order valence-electron chi connectivity index (χ2n) is 3.32. The van der Waals surface area contributed by atoms with E-state index in [-0.39, 0.29) is 12.1 Å². The van der Waals surface area contributed by atoms with Gasteiger partial charge in [-0.2, -0.15) is 0 Å². The van der Waals surface area contributed by atoms with Crippen LogP contribution in [0.1, 0.15) is 39.0 Å². The van der Waals surface area contributed by atoms with E-state index in [1.807, 2.05) is 20.8 Å². The van der Waals surface area contributed by atoms with Crippen LogP contribution in [0.15, 0.2) is 0 Å². The third-order valence-corrected chi connectivity index (χ3v) is 1.50. The Hall–Kier alpha value is -0.0400. The first-order valence-corrected chi connectivity index (χ1v) is 3.27. The molecule has 0 bridgehead atoms. The van der Waals surface area contributed by atoms with Crippen LogP contribution >= 0.6 is 0 Å². The number of nitrogens with zero attached hydrogens (tertiary/aromatic N) is 1. The van der Waals surface area contributed by atoms with Gasteiger partial charge in [0.2, 0.25) is 0 Å². The Morgan fingerprint density at radius 2 is 2.11 bits per heavy atom. The van der Waals surface area contributed by atoms with Crippen molar-refractivity contribution in [2.24, 2.45) is 0 Å². The summed E-state index contributed by atoms with van der Waals surface area (Å²) in [5, 5.41) is 0. The Morgan fingerprint density at radius 3 is 2.33 bits per heavy atom. The van der Waals surface area contributed by atoms with Gasteiger partial charge >= 0.3 is 0 Å². The zero-order valence-electron chi connectivity index (χ0n) is 10.3. The molecule has 1 rings (SSSR count). The lowest BCUT2D eigenvalue weighted by Gasteiger charge is -2.31. The zero-order chi connectivity index (χ0) is 10.4. The quantitative estimate of drug-likeness (QED) is 0.485. The molecule has 2 atom stereocenters. The van der Waals surface area contributed by atoms with E-state index in [4.69, 9.17) is 5.48 Å². The molecular formula is C8H17N. The summed E-state index contributed by atoms with van der Waals surface area (Å²) in [4.78, 5) is 1.74. The maximum atomic E-state index is 7.70. The van der Waals surface area contributed by atoms with Gasteiger partial charge in [0.15, 0.2) is 0 Å². The fourth-order valence-corrected chi connectivity index (χ4v) is 0.807. The summed E-state index contributed by atoms with van der Waals surface area (Å²) in [6.07, 6.45) is -2.49. The highest BCUT2D eigenvalue weighted by Gasteiger charge is 2.23. The molecule has 1 saturated heterocycles. The Kier molecular flexibility index (Phi) is 0.862. The molecule has 1 aliphatic heterocycles. The van der Waals surface area contributed by atoms with Gasteiger partial charge in [0, 0.05) is 11.0 Å². The largest absolute Gasteiger partial charge is 0.298 e. The van der Waals surface area contributed by atoms with Crippen LogP contribution in [-0.2, 0) is 0 Å². The molecule has 0 aromatic heterocycles. The molecule has 0 aromatic rings. The van der Waals surface area contributed by atoms with Gasteiger partial charge in [-0.25, -0.2) is 0 Å². The van der Waals surface area contributed by atoms with E-state index in [0.29, 0.717) is 0 Å². The predicted molar refractivity (Wildman–Crippen MR) is 40.6 cm³/mol. The molecule has 0 spiro atoms. The van der Waals surface area contributed by atoms with Gasteiger partial charge in [-0.15, -0.1) is 0 Å². The topological polar surface area (TPSA) is 3.24 Å². The van der Waals surface area contributed by atoms with Gasteiger partial charge in [-0.1, -0.05) is 0 Å². The van der Waals surface area contributed by atoms with E-state index >= 15 is 0 Å². The summed E-state index contributed by atoms with van der Waals surface area (Å²) in [5.41, 5.74) is -0.227. The van der Waals surface area contributed by atoms with E-state index in [2.05, 4.69) is 0 Å². The third-order valence-electron chi connectivity index (χ3n) is 1.50. The fraction of sp³-hybridized carbons (Fsp3) is 1.00. The third kappa shape index (κ3) is 1.68. The molecule has 0 radical (unpaired) electrons. The highest BCUT2D eigenvalue weighted by Crippen LogP contribution is 2.19. The van der Waals surface area contributed by atoms with Gasteiger partial charge in [0.05, 0.1) is 0 Å². The van der Waals surface area contributed by atoms with E-state index in [1.165, 1.54) is 0 Å². The SMILES string of the molecule is [2H]C1C([2H])C([2H])([2H])CN1C(C)(C)C. The first-order chi connectivity index (χ1) is 5.66. The second kappa shape index (κ2) is 2.30. The molecule has 1 aliphatic rings. The number of likely N-dealkylation sites (tertiary alicyclic amines) is 1. The first-order valence-electron chi connectivity index (χ1n) is 5.43. The van der Waals surface area contributed by atoms with Crippen molar-refractivity contribution < 1.29 is 5.48 Å². The van der Waals surface area contributed by atoms with Crippen molar-refractivity contribution >= 4 is 0 Å². The minimum atomic E-state index is -1.54. The Labute approximate surface area is 63.7 Å². The Bertz CT molecular complexity index is 199. The van der Waals surface area contributed by atoms with Crippen molar-refractivity contribution in [1.29, 1.82) is 0 Å². The lowest BCUT2D eigenvalue weighted by molar-refractivity contribution is 0.175. The fourth-order valence-electron chi connectivity index (χ4n) is 0.807. The maximum Gasteiger partial charge on any atom is 0.0431 e. The Balaban J connectivity index is 2.84. The molecule has 1 heterocycles. The summed E-state index contributed by atoms with van der Waals surface area (Å²) in [5.74, 6) is 0. The van der Waals surface area contributed by atoms with Crippen LogP contribution in [0.25, 0.3) is 0 Å². The zero-order valence-corrected chi connectivity index (χ0v) is 6.31. The first kappa shape index (κ1) is 3.38. The van der Waals surface area contributed by atoms with E-state index in [1.54, 1.807) is 4.90 Å². The molecule has 0 amide bonds. The van der Waals surface area contributed by atoms with Gasteiger partial charge in [0.25, 0.3) is 0 Å². The van der Waals surface area contributed by atoms with Crippen LogP contribution in [0.2, 0.25) is 0 Å². The molecule has 0 N–H and O–H groups in total. The molecule has 9 heavy (non-hydrogen) atoms. The average Bonchev–Trinajstić information content (AvgIpc) is 2.12. The van der Waals surface area contributed by atoms with Crippen molar-refractivity contribution in [3.8, 4) is 0 Å². The smallest absolute Gasteiger partial charge is 0.0431 e. The van der Waals surface area contributed by atoms with Gasteiger partial charge < -0.3 is 0 Å². The Morgan fingerprint density at radius 1 is 1.44 bits per heavy atom. The van der Waals surface area contributed by atoms with E-state index in [0.717, 1.165) is 0 Å². The van der Waals surface area contributed by atoms with E-state index < -0.39 is 19.3 Å². The summed E-state index contributed by atoms with van der Waals surface area (Å²) in [7, 11) is 0. The van der Waals surface area contributed by atoms with Crippen molar-refractivity contribution in [3.05, 3.63) is 0 Å². The highest BCUT2D eigenvalue weighted by atomic mass is 15.2. The van der Waals surface area contributed by atoms with Crippen LogP contribution in [0.3, 0.4) is 0 Å². The lowest BCUT2D eigenvalue weighted by atomic mass is 10.1. The predicted octanol–water partition coefficient (Wildman–Crippen LogP) is 1.88. The summed E-state index contributed by atoms with van der Waals surface area (Å²) in [6, 6.07) is 0. The number of hydrogen-bond donors (Lipinski definition) is 0. The van der Waals surface area contributed by atoms with Crippen LogP contribution < -0.4 is 0 Å². The molecule has 0 aromatic carbocycles. The van der Waals surface area contributed by atoms with Crippen LogP contribution in [0.4, 0.5) is 0 Å². The van der Waals surface area contributed by atoms with Crippen molar-refractivity contribution in [2.45, 2.75) is 39.1 Å². The van der Waals surface area contributed by atoms with Crippen LogP contribution in [0.5, 0.6) is 0 Å². The standard InChI is InChI=1S/C8H17N/c1-8(2,3)9-6-4-5-7-9/h4-7H2,1-3H3/i4D,5D2,6D.